The number of hydrogen-bond donors (Lipinski definition) is 5. The van der Waals surface area contributed by atoms with Gasteiger partial charge < -0.3 is 54.0 Å². The first-order valence-corrected chi connectivity index (χ1v) is 8.23. The van der Waals surface area contributed by atoms with Gasteiger partial charge in [0.1, 0.15) is 48.8 Å². The minimum Gasteiger partial charge on any atom is -0.394 e. The van der Waals surface area contributed by atoms with E-state index < -0.39 is 68.0 Å². The van der Waals surface area contributed by atoms with Gasteiger partial charge >= 0.3 is 0 Å². The Balaban J connectivity index is 2.10. The Morgan fingerprint density at radius 1 is 0.923 bits per heavy atom. The van der Waals surface area contributed by atoms with Gasteiger partial charge in [0, 0.05) is 21.3 Å². The number of rotatable bonds is 9. The molecule has 2 saturated heterocycles. The maximum absolute atomic E-state index is 10.1. The molecule has 11 nitrogen and oxygen atoms in total. The second-order valence-electron chi connectivity index (χ2n) is 6.22. The van der Waals surface area contributed by atoms with Crippen molar-refractivity contribution in [3.05, 3.63) is 0 Å². The van der Waals surface area contributed by atoms with E-state index in [1.54, 1.807) is 0 Å². The summed E-state index contributed by atoms with van der Waals surface area (Å²) in [6.07, 6.45) is -11.2. The van der Waals surface area contributed by atoms with Crippen molar-refractivity contribution in [2.24, 2.45) is 0 Å². The molecule has 2 rings (SSSR count). The fourth-order valence-electron chi connectivity index (χ4n) is 3.24. The molecule has 2 aliphatic heterocycles. The summed E-state index contributed by atoms with van der Waals surface area (Å²) >= 11 is 0. The molecule has 26 heavy (non-hydrogen) atoms. The Bertz CT molecular complexity index is 424. The lowest BCUT2D eigenvalue weighted by molar-refractivity contribution is -0.241. The quantitative estimate of drug-likeness (QED) is 0.269. The Hall–Kier alpha value is -0.440. The zero-order valence-corrected chi connectivity index (χ0v) is 14.9. The summed E-state index contributed by atoms with van der Waals surface area (Å²) in [5.74, 6) is 0. The average Bonchev–Trinajstić information content (AvgIpc) is 3.11. The van der Waals surface area contributed by atoms with Gasteiger partial charge in [-0.25, -0.2) is 0 Å². The highest BCUT2D eigenvalue weighted by Gasteiger charge is 2.52. The van der Waals surface area contributed by atoms with Crippen molar-refractivity contribution in [3.63, 3.8) is 0 Å². The molecule has 2 aliphatic rings. The molecule has 0 aromatic carbocycles. The fourth-order valence-corrected chi connectivity index (χ4v) is 3.24. The Morgan fingerprint density at radius 3 is 2.12 bits per heavy atom. The molecule has 0 aromatic heterocycles. The molecule has 5 N–H and O–H groups in total. The van der Waals surface area contributed by atoms with Crippen LogP contribution in [0, 0.1) is 0 Å². The molecule has 0 aliphatic carbocycles. The molecular formula is C15H28O11. The van der Waals surface area contributed by atoms with Crippen LogP contribution >= 0.6 is 0 Å². The van der Waals surface area contributed by atoms with Gasteiger partial charge in [-0.1, -0.05) is 0 Å². The van der Waals surface area contributed by atoms with Crippen molar-refractivity contribution in [1.29, 1.82) is 0 Å². The Kier molecular flexibility index (Phi) is 8.12. The van der Waals surface area contributed by atoms with E-state index in [1.165, 1.54) is 21.3 Å². The third-order valence-electron chi connectivity index (χ3n) is 4.60. The number of hydrogen-bond acceptors (Lipinski definition) is 11. The molecule has 2 fully saturated rings. The van der Waals surface area contributed by atoms with E-state index in [2.05, 4.69) is 0 Å². The summed E-state index contributed by atoms with van der Waals surface area (Å²) < 4.78 is 32.1. The molecule has 2 heterocycles. The predicted octanol–water partition coefficient (Wildman–Crippen LogP) is -3.43. The van der Waals surface area contributed by atoms with Crippen LogP contribution in [0.2, 0.25) is 0 Å². The molecule has 11 heteroatoms. The van der Waals surface area contributed by atoms with Crippen molar-refractivity contribution in [1.82, 2.24) is 0 Å². The average molecular weight is 384 g/mol. The molecule has 0 saturated carbocycles. The van der Waals surface area contributed by atoms with Crippen LogP contribution in [-0.4, -0.2) is 121 Å². The van der Waals surface area contributed by atoms with Crippen molar-refractivity contribution in [2.75, 3.05) is 34.5 Å². The zero-order valence-electron chi connectivity index (χ0n) is 14.9. The number of methoxy groups -OCH3 is 3. The molecule has 0 radical (unpaired) electrons. The maximum atomic E-state index is 10.1. The van der Waals surface area contributed by atoms with Crippen LogP contribution in [0.15, 0.2) is 0 Å². The van der Waals surface area contributed by atoms with Gasteiger partial charge in [-0.05, 0) is 0 Å². The Morgan fingerprint density at radius 2 is 1.58 bits per heavy atom. The molecule has 0 spiro atoms. The zero-order chi connectivity index (χ0) is 19.4. The molecular weight excluding hydrogens is 356 g/mol. The fraction of sp³-hybridized carbons (Fsp3) is 1.00. The smallest absolute Gasteiger partial charge is 0.187 e. The SMILES string of the molecule is COCC(O[C@@H]1OC(C(O)CO)[C@@H](O)[C@H]1O)C1O[C@@H](O)[C@H](OC)[C@H]1OC. The maximum Gasteiger partial charge on any atom is 0.187 e. The topological polar surface area (TPSA) is 157 Å². The summed E-state index contributed by atoms with van der Waals surface area (Å²) in [7, 11) is 4.25. The second kappa shape index (κ2) is 9.66. The van der Waals surface area contributed by atoms with E-state index in [-0.39, 0.29) is 6.61 Å². The first-order chi connectivity index (χ1) is 12.4. The first-order valence-electron chi connectivity index (χ1n) is 8.23. The van der Waals surface area contributed by atoms with Gasteiger partial charge in [0.2, 0.25) is 0 Å². The Labute approximate surface area is 150 Å². The van der Waals surface area contributed by atoms with Crippen molar-refractivity contribution in [2.45, 2.75) is 61.4 Å². The standard InChI is InChI=1S/C15H28O11/c1-21-5-7(11-12(22-2)13(23-3)14(20)25-11)24-15-9(19)8(18)10(26-15)6(17)4-16/h6-20H,4-5H2,1-3H3/t6?,7?,8-,9+,10?,11?,12-,13+,14+,15+/m0/s1. The van der Waals surface area contributed by atoms with Crippen molar-refractivity contribution in [3.8, 4) is 0 Å². The third-order valence-corrected chi connectivity index (χ3v) is 4.60. The van der Waals surface area contributed by atoms with E-state index in [9.17, 15) is 20.4 Å². The second-order valence-corrected chi connectivity index (χ2v) is 6.22. The van der Waals surface area contributed by atoms with Crippen LogP contribution in [0.1, 0.15) is 0 Å². The molecule has 0 amide bonds. The lowest BCUT2D eigenvalue weighted by atomic mass is 10.0. The molecule has 4 unspecified atom stereocenters. The van der Waals surface area contributed by atoms with E-state index in [0.717, 1.165) is 0 Å². The lowest BCUT2D eigenvalue weighted by Gasteiger charge is -2.30. The van der Waals surface area contributed by atoms with Crippen LogP contribution in [0.25, 0.3) is 0 Å². The summed E-state index contributed by atoms with van der Waals surface area (Å²) in [6.45, 7) is -0.647. The predicted molar refractivity (Wildman–Crippen MR) is 83.0 cm³/mol. The highest BCUT2D eigenvalue weighted by molar-refractivity contribution is 4.95. The first kappa shape index (κ1) is 21.9. The number of aliphatic hydroxyl groups excluding tert-OH is 5. The summed E-state index contributed by atoms with van der Waals surface area (Å²) in [6, 6.07) is 0. The minimum atomic E-state index is -1.47. The van der Waals surface area contributed by atoms with Gasteiger partial charge in [-0.15, -0.1) is 0 Å². The van der Waals surface area contributed by atoms with Crippen molar-refractivity contribution >= 4 is 0 Å². The minimum absolute atomic E-state index is 0.00355. The van der Waals surface area contributed by atoms with E-state index in [1.807, 2.05) is 0 Å². The van der Waals surface area contributed by atoms with Crippen LogP contribution in [0.5, 0.6) is 0 Å². The van der Waals surface area contributed by atoms with Gasteiger partial charge in [-0.2, -0.15) is 0 Å². The highest BCUT2D eigenvalue weighted by Crippen LogP contribution is 2.31. The third kappa shape index (κ3) is 4.34. The van der Waals surface area contributed by atoms with Gasteiger partial charge in [0.05, 0.1) is 13.2 Å². The number of ether oxygens (including phenoxy) is 6. The van der Waals surface area contributed by atoms with Crippen LogP contribution < -0.4 is 0 Å². The van der Waals surface area contributed by atoms with Crippen LogP contribution in [0.3, 0.4) is 0 Å². The summed E-state index contributed by atoms with van der Waals surface area (Å²) in [5.41, 5.74) is 0. The van der Waals surface area contributed by atoms with E-state index in [4.69, 9.17) is 33.5 Å². The van der Waals surface area contributed by atoms with Crippen LogP contribution in [0.4, 0.5) is 0 Å². The largest absolute Gasteiger partial charge is 0.394 e. The normalized spacial score (nSPS) is 42.9. The van der Waals surface area contributed by atoms with Gasteiger partial charge in [0.25, 0.3) is 0 Å². The van der Waals surface area contributed by atoms with Gasteiger partial charge in [-0.3, -0.25) is 0 Å². The van der Waals surface area contributed by atoms with Crippen LogP contribution in [-0.2, 0) is 28.4 Å². The molecule has 154 valence electrons. The molecule has 0 bridgehead atoms. The van der Waals surface area contributed by atoms with Gasteiger partial charge in [0.15, 0.2) is 12.6 Å². The molecule has 0 aromatic rings. The summed E-state index contributed by atoms with van der Waals surface area (Å²) in [4.78, 5) is 0. The van der Waals surface area contributed by atoms with Crippen molar-refractivity contribution < 1.29 is 54.0 Å². The lowest BCUT2D eigenvalue weighted by Crippen LogP contribution is -2.47. The molecule has 10 atom stereocenters. The summed E-state index contributed by atoms with van der Waals surface area (Å²) in [5, 5.41) is 48.8. The highest BCUT2D eigenvalue weighted by atomic mass is 16.7. The monoisotopic (exact) mass is 384 g/mol. The van der Waals surface area contributed by atoms with E-state index in [0.29, 0.717) is 0 Å². The number of aliphatic hydroxyl groups is 5. The van der Waals surface area contributed by atoms with E-state index >= 15 is 0 Å².